The van der Waals surface area contributed by atoms with Gasteiger partial charge in [0.1, 0.15) is 5.58 Å². The Morgan fingerprint density at radius 3 is 1.89 bits per heavy atom. The molecule has 208 valence electrons. The van der Waals surface area contributed by atoms with E-state index in [2.05, 4.69) is 106 Å². The molecule has 0 amide bonds. The molecule has 0 spiro atoms. The predicted molar refractivity (Wildman–Crippen MR) is 184 cm³/mol. The molecule has 0 saturated heterocycles. The lowest BCUT2D eigenvalue weighted by atomic mass is 10.0. The SMILES string of the molecule is c1ccc(-c2nc(-n3c4ccccc4c4c5c6ccccc6n6c7ccccc7c(cc43)c56)c3c(n2)oc2ccccc23)cc1. The summed E-state index contributed by atoms with van der Waals surface area (Å²) in [5.74, 6) is 1.45. The highest BCUT2D eigenvalue weighted by Crippen LogP contribution is 2.47. The average Bonchev–Trinajstić information content (AvgIpc) is 3.83. The molecule has 0 aliphatic heterocycles. The van der Waals surface area contributed by atoms with Gasteiger partial charge >= 0.3 is 0 Å². The van der Waals surface area contributed by atoms with Crippen LogP contribution < -0.4 is 0 Å². The summed E-state index contributed by atoms with van der Waals surface area (Å²) in [6, 6.07) is 46.9. The first kappa shape index (κ1) is 23.3. The van der Waals surface area contributed by atoms with Gasteiger partial charge in [0, 0.05) is 43.3 Å². The molecular formula is C40H22N4O. The predicted octanol–water partition coefficient (Wildman–Crippen LogP) is 10.3. The lowest BCUT2D eigenvalue weighted by Crippen LogP contribution is -2.02. The first-order valence-electron chi connectivity index (χ1n) is 15.2. The Bertz CT molecular complexity index is 2980. The van der Waals surface area contributed by atoms with Gasteiger partial charge in [-0.15, -0.1) is 0 Å². The monoisotopic (exact) mass is 574 g/mol. The van der Waals surface area contributed by atoms with E-state index in [1.165, 1.54) is 48.9 Å². The third kappa shape index (κ3) is 2.88. The van der Waals surface area contributed by atoms with E-state index in [0.717, 1.165) is 38.8 Å². The fourth-order valence-corrected chi connectivity index (χ4v) is 7.68. The molecule has 0 N–H and O–H groups in total. The molecule has 5 nitrogen and oxygen atoms in total. The van der Waals surface area contributed by atoms with E-state index in [4.69, 9.17) is 14.4 Å². The van der Waals surface area contributed by atoms with Gasteiger partial charge in [-0.1, -0.05) is 103 Å². The highest BCUT2D eigenvalue weighted by Gasteiger charge is 2.26. The van der Waals surface area contributed by atoms with Crippen molar-refractivity contribution in [3.63, 3.8) is 0 Å². The molecule has 5 heteroatoms. The van der Waals surface area contributed by atoms with E-state index < -0.39 is 0 Å². The topological polar surface area (TPSA) is 48.3 Å². The zero-order valence-electron chi connectivity index (χ0n) is 23.9. The molecular weight excluding hydrogens is 552 g/mol. The number of fused-ring (bicyclic) bond motifs is 13. The first-order chi connectivity index (χ1) is 22.3. The van der Waals surface area contributed by atoms with Gasteiger partial charge in [-0.25, -0.2) is 4.98 Å². The average molecular weight is 575 g/mol. The number of aromatic nitrogens is 4. The summed E-state index contributed by atoms with van der Waals surface area (Å²) >= 11 is 0. The molecule has 5 aromatic heterocycles. The van der Waals surface area contributed by atoms with Crippen LogP contribution in [0.3, 0.4) is 0 Å². The van der Waals surface area contributed by atoms with Crippen LogP contribution in [0.5, 0.6) is 0 Å². The highest BCUT2D eigenvalue weighted by atomic mass is 16.3. The van der Waals surface area contributed by atoms with Gasteiger partial charge in [0.15, 0.2) is 11.6 Å². The number of rotatable bonds is 2. The van der Waals surface area contributed by atoms with Gasteiger partial charge in [0.25, 0.3) is 0 Å². The summed E-state index contributed by atoms with van der Waals surface area (Å²) in [5.41, 5.74) is 8.24. The van der Waals surface area contributed by atoms with E-state index >= 15 is 0 Å². The Morgan fingerprint density at radius 1 is 0.467 bits per heavy atom. The number of nitrogens with zero attached hydrogens (tertiary/aromatic N) is 4. The van der Waals surface area contributed by atoms with E-state index in [0.29, 0.717) is 11.5 Å². The minimum Gasteiger partial charge on any atom is -0.437 e. The number of benzene rings is 6. The fraction of sp³-hybridized carbons (Fsp3) is 0. The Labute approximate surface area is 255 Å². The highest BCUT2D eigenvalue weighted by molar-refractivity contribution is 6.35. The molecule has 0 atom stereocenters. The zero-order chi connectivity index (χ0) is 29.2. The third-order valence-corrected chi connectivity index (χ3v) is 9.47. The summed E-state index contributed by atoms with van der Waals surface area (Å²) in [6.07, 6.45) is 0. The van der Waals surface area contributed by atoms with Crippen molar-refractivity contribution in [2.75, 3.05) is 0 Å². The number of hydrogen-bond donors (Lipinski definition) is 0. The van der Waals surface area contributed by atoms with Crippen molar-refractivity contribution >= 4 is 82.0 Å². The van der Waals surface area contributed by atoms with Gasteiger partial charge in [-0.2, -0.15) is 4.98 Å². The maximum absolute atomic E-state index is 6.42. The summed E-state index contributed by atoms with van der Waals surface area (Å²) < 4.78 is 11.2. The molecule has 45 heavy (non-hydrogen) atoms. The third-order valence-electron chi connectivity index (χ3n) is 9.47. The Kier molecular flexibility index (Phi) is 4.26. The normalized spacial score (nSPS) is 12.4. The minimum atomic E-state index is 0.582. The van der Waals surface area contributed by atoms with Crippen molar-refractivity contribution in [1.29, 1.82) is 0 Å². The van der Waals surface area contributed by atoms with Crippen molar-refractivity contribution < 1.29 is 4.42 Å². The van der Waals surface area contributed by atoms with Gasteiger partial charge in [0.2, 0.25) is 5.71 Å². The summed E-state index contributed by atoms with van der Waals surface area (Å²) in [6.45, 7) is 0. The van der Waals surface area contributed by atoms with Crippen molar-refractivity contribution in [3.05, 3.63) is 133 Å². The molecule has 0 saturated carbocycles. The van der Waals surface area contributed by atoms with Crippen LogP contribution in [-0.2, 0) is 0 Å². The van der Waals surface area contributed by atoms with Gasteiger partial charge in [-0.3, -0.25) is 4.57 Å². The van der Waals surface area contributed by atoms with Crippen molar-refractivity contribution in [2.24, 2.45) is 0 Å². The lowest BCUT2D eigenvalue weighted by molar-refractivity contribution is 0.653. The maximum atomic E-state index is 6.42. The summed E-state index contributed by atoms with van der Waals surface area (Å²) in [4.78, 5) is 10.3. The van der Waals surface area contributed by atoms with Crippen LogP contribution in [0, 0.1) is 0 Å². The number of furan rings is 1. The molecule has 0 aliphatic carbocycles. The standard InChI is InChI=1S/C40H22N4O/c1-2-12-23(13-3-1)38-41-39(36-27-17-7-11-21-33(27)45-40(36)42-38)44-31-20-10-5-15-25(31)34-32(44)22-28-24-14-4-8-18-29(24)43-30-19-9-6-16-26(30)35(34)37(28)43/h1-22H. The molecule has 6 aromatic carbocycles. The number of para-hydroxylation sites is 4. The first-order valence-corrected chi connectivity index (χ1v) is 15.2. The van der Waals surface area contributed by atoms with E-state index in [1.807, 2.05) is 36.4 Å². The Hall–Kier alpha value is -6.20. The van der Waals surface area contributed by atoms with Crippen molar-refractivity contribution in [1.82, 2.24) is 18.9 Å². The smallest absolute Gasteiger partial charge is 0.233 e. The molecule has 0 aliphatic rings. The molecule has 0 radical (unpaired) electrons. The Balaban J connectivity index is 1.42. The van der Waals surface area contributed by atoms with Crippen molar-refractivity contribution in [3.8, 4) is 17.2 Å². The van der Waals surface area contributed by atoms with Gasteiger partial charge in [0.05, 0.1) is 33.0 Å². The second-order valence-electron chi connectivity index (χ2n) is 11.8. The molecule has 0 unspecified atom stereocenters. The van der Waals surface area contributed by atoms with Crippen LogP contribution >= 0.6 is 0 Å². The Morgan fingerprint density at radius 2 is 1.09 bits per heavy atom. The number of hydrogen-bond acceptors (Lipinski definition) is 3. The van der Waals surface area contributed by atoms with E-state index in [9.17, 15) is 0 Å². The van der Waals surface area contributed by atoms with Gasteiger partial charge < -0.3 is 8.82 Å². The van der Waals surface area contributed by atoms with Crippen LogP contribution in [0.4, 0.5) is 0 Å². The van der Waals surface area contributed by atoms with Crippen molar-refractivity contribution in [2.45, 2.75) is 0 Å². The van der Waals surface area contributed by atoms with Crippen LogP contribution in [0.2, 0.25) is 0 Å². The second-order valence-corrected chi connectivity index (χ2v) is 11.8. The van der Waals surface area contributed by atoms with Crippen LogP contribution in [0.15, 0.2) is 138 Å². The second kappa shape index (κ2) is 8.24. The van der Waals surface area contributed by atoms with Crippen LogP contribution in [0.25, 0.3) is 99.2 Å². The van der Waals surface area contributed by atoms with E-state index in [-0.39, 0.29) is 0 Å². The van der Waals surface area contributed by atoms with Crippen LogP contribution in [0.1, 0.15) is 0 Å². The molecule has 11 rings (SSSR count). The quantitative estimate of drug-likeness (QED) is 0.206. The molecule has 11 aromatic rings. The van der Waals surface area contributed by atoms with Crippen LogP contribution in [-0.4, -0.2) is 18.9 Å². The zero-order valence-corrected chi connectivity index (χ0v) is 23.9. The summed E-state index contributed by atoms with van der Waals surface area (Å²) in [7, 11) is 0. The molecule has 0 fully saturated rings. The largest absolute Gasteiger partial charge is 0.437 e. The fourth-order valence-electron chi connectivity index (χ4n) is 7.68. The minimum absolute atomic E-state index is 0.582. The maximum Gasteiger partial charge on any atom is 0.233 e. The van der Waals surface area contributed by atoms with Gasteiger partial charge in [-0.05, 0) is 30.3 Å². The summed E-state index contributed by atoms with van der Waals surface area (Å²) in [5, 5.41) is 9.34. The lowest BCUT2D eigenvalue weighted by Gasteiger charge is -2.11. The molecule has 0 bridgehead atoms. The van der Waals surface area contributed by atoms with E-state index in [1.54, 1.807) is 0 Å². The molecule has 5 heterocycles.